The van der Waals surface area contributed by atoms with Crippen molar-refractivity contribution in [3.63, 3.8) is 0 Å². The van der Waals surface area contributed by atoms with Crippen LogP contribution in [-0.4, -0.2) is 29.8 Å². The van der Waals surface area contributed by atoms with Gasteiger partial charge >= 0.3 is 6.09 Å². The van der Waals surface area contributed by atoms with Crippen molar-refractivity contribution in [3.8, 4) is 0 Å². The van der Waals surface area contributed by atoms with Crippen LogP contribution in [0.1, 0.15) is 20.8 Å². The lowest BCUT2D eigenvalue weighted by atomic mass is 10.2. The van der Waals surface area contributed by atoms with Crippen LogP contribution in [0.15, 0.2) is 36.5 Å². The number of aromatic nitrogens is 1. The molecule has 0 atom stereocenters. The second-order valence-corrected chi connectivity index (χ2v) is 5.77. The van der Waals surface area contributed by atoms with Crippen molar-refractivity contribution in [1.82, 2.24) is 10.3 Å². The van der Waals surface area contributed by atoms with E-state index in [4.69, 9.17) is 4.74 Å². The maximum absolute atomic E-state index is 11.5. The van der Waals surface area contributed by atoms with Crippen LogP contribution >= 0.6 is 0 Å². The Morgan fingerprint density at radius 3 is 2.81 bits per heavy atom. The van der Waals surface area contributed by atoms with E-state index < -0.39 is 11.7 Å². The fraction of sp³-hybridized carbons (Fsp3) is 0.375. The number of carbonyl (C=O) groups excluding carboxylic acids is 1. The average molecular weight is 287 g/mol. The maximum atomic E-state index is 11.5. The molecule has 1 amide bonds. The van der Waals surface area contributed by atoms with Gasteiger partial charge in [0.15, 0.2) is 0 Å². The first-order valence-electron chi connectivity index (χ1n) is 6.99. The van der Waals surface area contributed by atoms with E-state index in [2.05, 4.69) is 15.6 Å². The van der Waals surface area contributed by atoms with E-state index in [1.165, 1.54) is 0 Å². The summed E-state index contributed by atoms with van der Waals surface area (Å²) in [4.78, 5) is 15.8. The molecule has 0 aliphatic heterocycles. The lowest BCUT2D eigenvalue weighted by Crippen LogP contribution is -2.34. The quantitative estimate of drug-likeness (QED) is 0.848. The molecule has 2 N–H and O–H groups in total. The van der Waals surface area contributed by atoms with Crippen molar-refractivity contribution in [2.75, 3.05) is 18.4 Å². The molecule has 0 radical (unpaired) electrons. The van der Waals surface area contributed by atoms with Crippen LogP contribution in [0.3, 0.4) is 0 Å². The van der Waals surface area contributed by atoms with Gasteiger partial charge in [-0.1, -0.05) is 6.07 Å². The third kappa shape index (κ3) is 4.95. The van der Waals surface area contributed by atoms with Crippen molar-refractivity contribution in [2.24, 2.45) is 0 Å². The van der Waals surface area contributed by atoms with Crippen molar-refractivity contribution in [2.45, 2.75) is 26.4 Å². The normalized spacial score (nSPS) is 11.2. The van der Waals surface area contributed by atoms with Crippen molar-refractivity contribution < 1.29 is 9.53 Å². The topological polar surface area (TPSA) is 63.2 Å². The van der Waals surface area contributed by atoms with Crippen LogP contribution in [0.2, 0.25) is 0 Å². The number of carbonyl (C=O) groups is 1. The summed E-state index contributed by atoms with van der Waals surface area (Å²) in [5.41, 5.74) is 1.50. The summed E-state index contributed by atoms with van der Waals surface area (Å²) in [6, 6.07) is 9.92. The van der Waals surface area contributed by atoms with Gasteiger partial charge in [-0.2, -0.15) is 0 Å². The standard InChI is InChI=1S/C16H21N3O2/c1-16(2,3)21-15(20)19-10-9-17-13-6-7-14-12(11-13)5-4-8-18-14/h4-8,11,17H,9-10H2,1-3H3,(H,19,20). The monoisotopic (exact) mass is 287 g/mol. The minimum Gasteiger partial charge on any atom is -0.444 e. The Bertz CT molecular complexity index is 620. The molecule has 0 fully saturated rings. The number of nitrogens with one attached hydrogen (secondary N) is 2. The molecule has 0 unspecified atom stereocenters. The number of hydrogen-bond acceptors (Lipinski definition) is 4. The Labute approximate surface area is 124 Å². The summed E-state index contributed by atoms with van der Waals surface area (Å²) in [5, 5.41) is 7.05. The Hall–Kier alpha value is -2.30. The molecule has 0 saturated heterocycles. The second kappa shape index (κ2) is 6.43. The minimum atomic E-state index is -0.469. The maximum Gasteiger partial charge on any atom is 0.407 e. The zero-order valence-electron chi connectivity index (χ0n) is 12.6. The van der Waals surface area contributed by atoms with Crippen molar-refractivity contribution in [1.29, 1.82) is 0 Å². The summed E-state index contributed by atoms with van der Waals surface area (Å²) in [6.07, 6.45) is 1.38. The Morgan fingerprint density at radius 1 is 1.24 bits per heavy atom. The fourth-order valence-electron chi connectivity index (χ4n) is 1.87. The number of ether oxygens (including phenoxy) is 1. The number of anilines is 1. The zero-order chi connectivity index (χ0) is 15.3. The first-order valence-corrected chi connectivity index (χ1v) is 6.99. The lowest BCUT2D eigenvalue weighted by Gasteiger charge is -2.19. The lowest BCUT2D eigenvalue weighted by molar-refractivity contribution is 0.0530. The molecule has 1 aromatic heterocycles. The number of fused-ring (bicyclic) bond motifs is 1. The average Bonchev–Trinajstić information content (AvgIpc) is 2.41. The number of amides is 1. The van der Waals surface area contributed by atoms with Crippen LogP contribution in [0, 0.1) is 0 Å². The number of nitrogens with zero attached hydrogens (tertiary/aromatic N) is 1. The molecule has 2 rings (SSSR count). The van der Waals surface area contributed by atoms with E-state index in [-0.39, 0.29) is 0 Å². The fourth-order valence-corrected chi connectivity index (χ4v) is 1.87. The molecule has 0 aliphatic rings. The van der Waals surface area contributed by atoms with Gasteiger partial charge < -0.3 is 15.4 Å². The van der Waals surface area contributed by atoms with Gasteiger partial charge in [-0.25, -0.2) is 4.79 Å². The number of benzene rings is 1. The third-order valence-corrected chi connectivity index (χ3v) is 2.73. The van der Waals surface area contributed by atoms with Crippen LogP contribution in [-0.2, 0) is 4.74 Å². The SMILES string of the molecule is CC(C)(C)OC(=O)NCCNc1ccc2ncccc2c1. The highest BCUT2D eigenvalue weighted by molar-refractivity contribution is 5.82. The number of rotatable bonds is 4. The van der Waals surface area contributed by atoms with E-state index in [1.54, 1.807) is 6.20 Å². The molecule has 5 nitrogen and oxygen atoms in total. The second-order valence-electron chi connectivity index (χ2n) is 5.77. The summed E-state index contributed by atoms with van der Waals surface area (Å²) in [7, 11) is 0. The van der Waals surface area contributed by atoms with Crippen LogP contribution in [0.5, 0.6) is 0 Å². The number of hydrogen-bond donors (Lipinski definition) is 2. The smallest absolute Gasteiger partial charge is 0.407 e. The predicted octanol–water partition coefficient (Wildman–Crippen LogP) is 3.17. The van der Waals surface area contributed by atoms with Gasteiger partial charge in [0, 0.05) is 30.4 Å². The first kappa shape index (κ1) is 15.1. The Balaban J connectivity index is 1.79. The molecule has 0 aliphatic carbocycles. The zero-order valence-corrected chi connectivity index (χ0v) is 12.6. The number of alkyl carbamates (subject to hydrolysis) is 1. The van der Waals surface area contributed by atoms with Gasteiger partial charge in [0.2, 0.25) is 0 Å². The molecule has 5 heteroatoms. The van der Waals surface area contributed by atoms with Gasteiger partial charge in [-0.3, -0.25) is 4.98 Å². The van der Waals surface area contributed by atoms with E-state index >= 15 is 0 Å². The molecule has 0 bridgehead atoms. The van der Waals surface area contributed by atoms with Gasteiger partial charge in [-0.05, 0) is 45.0 Å². The molecule has 0 spiro atoms. The highest BCUT2D eigenvalue weighted by Crippen LogP contribution is 2.16. The Morgan fingerprint density at radius 2 is 2.05 bits per heavy atom. The largest absolute Gasteiger partial charge is 0.444 e. The van der Waals surface area contributed by atoms with Gasteiger partial charge in [0.25, 0.3) is 0 Å². The molecule has 112 valence electrons. The third-order valence-electron chi connectivity index (χ3n) is 2.73. The van der Waals surface area contributed by atoms with Crippen molar-refractivity contribution in [3.05, 3.63) is 36.5 Å². The highest BCUT2D eigenvalue weighted by atomic mass is 16.6. The number of pyridine rings is 1. The molecule has 21 heavy (non-hydrogen) atoms. The van der Waals surface area contributed by atoms with Crippen LogP contribution in [0.4, 0.5) is 10.5 Å². The molecular weight excluding hydrogens is 266 g/mol. The minimum absolute atomic E-state index is 0.396. The van der Waals surface area contributed by atoms with Crippen LogP contribution < -0.4 is 10.6 Å². The summed E-state index contributed by atoms with van der Waals surface area (Å²) >= 11 is 0. The van der Waals surface area contributed by atoms with Crippen LogP contribution in [0.25, 0.3) is 10.9 Å². The van der Waals surface area contributed by atoms with E-state index in [1.807, 2.05) is 51.1 Å². The summed E-state index contributed by atoms with van der Waals surface area (Å²) < 4.78 is 5.16. The molecule has 2 aromatic rings. The van der Waals surface area contributed by atoms with Gasteiger partial charge in [-0.15, -0.1) is 0 Å². The highest BCUT2D eigenvalue weighted by Gasteiger charge is 2.15. The summed E-state index contributed by atoms with van der Waals surface area (Å²) in [5.74, 6) is 0. The first-order chi connectivity index (χ1) is 9.94. The predicted molar refractivity (Wildman–Crippen MR) is 84.5 cm³/mol. The molecular formula is C16H21N3O2. The molecule has 1 heterocycles. The van der Waals surface area contributed by atoms with E-state index in [0.717, 1.165) is 16.6 Å². The van der Waals surface area contributed by atoms with Gasteiger partial charge in [0.05, 0.1) is 5.52 Å². The van der Waals surface area contributed by atoms with Crippen molar-refractivity contribution >= 4 is 22.7 Å². The van der Waals surface area contributed by atoms with Gasteiger partial charge in [0.1, 0.15) is 5.60 Å². The van der Waals surface area contributed by atoms with E-state index in [9.17, 15) is 4.79 Å². The molecule has 0 saturated carbocycles. The Kier molecular flexibility index (Phi) is 4.62. The van der Waals surface area contributed by atoms with E-state index in [0.29, 0.717) is 13.1 Å². The summed E-state index contributed by atoms with van der Waals surface area (Å²) in [6.45, 7) is 6.65. The molecule has 1 aromatic carbocycles.